The van der Waals surface area contributed by atoms with Gasteiger partial charge in [-0.1, -0.05) is 30.3 Å². The van der Waals surface area contributed by atoms with Gasteiger partial charge in [-0.3, -0.25) is 19.3 Å². The first-order valence-corrected chi connectivity index (χ1v) is 9.65. The fourth-order valence-corrected chi connectivity index (χ4v) is 2.99. The number of hydrogen-bond acceptors (Lipinski definition) is 5. The van der Waals surface area contributed by atoms with Crippen LogP contribution in [0.25, 0.3) is 0 Å². The summed E-state index contributed by atoms with van der Waals surface area (Å²) in [7, 11) is 1.64. The molecule has 154 valence electrons. The predicted octanol–water partition coefficient (Wildman–Crippen LogP) is -0.358. The molecule has 1 aromatic carbocycles. The summed E-state index contributed by atoms with van der Waals surface area (Å²) < 4.78 is 4.95. The third-order valence-corrected chi connectivity index (χ3v) is 4.58. The number of nitrogens with one attached hydrogen (secondary N) is 2. The van der Waals surface area contributed by atoms with Crippen molar-refractivity contribution in [2.45, 2.75) is 12.8 Å². The van der Waals surface area contributed by atoms with Gasteiger partial charge in [-0.2, -0.15) is 0 Å². The van der Waals surface area contributed by atoms with Crippen LogP contribution < -0.4 is 10.6 Å². The van der Waals surface area contributed by atoms with E-state index in [1.807, 2.05) is 35.2 Å². The molecule has 0 radical (unpaired) electrons. The fraction of sp³-hybridized carbons (Fsp3) is 0.550. The van der Waals surface area contributed by atoms with Crippen LogP contribution in [0.2, 0.25) is 0 Å². The van der Waals surface area contributed by atoms with Crippen LogP contribution in [0.4, 0.5) is 0 Å². The Morgan fingerprint density at radius 1 is 1.00 bits per heavy atom. The molecule has 1 saturated heterocycles. The van der Waals surface area contributed by atoms with Gasteiger partial charge in [-0.25, -0.2) is 0 Å². The lowest BCUT2D eigenvalue weighted by atomic mass is 10.1. The number of nitrogens with zero attached hydrogens (tertiary/aromatic N) is 2. The van der Waals surface area contributed by atoms with Crippen molar-refractivity contribution in [3.8, 4) is 0 Å². The molecule has 1 aliphatic rings. The maximum atomic E-state index is 12.3. The molecule has 0 aliphatic carbocycles. The predicted molar refractivity (Wildman–Crippen MR) is 106 cm³/mol. The summed E-state index contributed by atoms with van der Waals surface area (Å²) in [6.07, 6.45) is 1.06. The van der Waals surface area contributed by atoms with Crippen LogP contribution >= 0.6 is 0 Å². The van der Waals surface area contributed by atoms with Crippen molar-refractivity contribution in [1.29, 1.82) is 0 Å². The van der Waals surface area contributed by atoms with Crippen LogP contribution in [0.1, 0.15) is 12.0 Å². The maximum Gasteiger partial charge on any atom is 0.242 e. The van der Waals surface area contributed by atoms with Gasteiger partial charge in [0, 0.05) is 46.4 Å². The second-order valence-corrected chi connectivity index (χ2v) is 6.79. The van der Waals surface area contributed by atoms with E-state index in [9.17, 15) is 14.4 Å². The molecule has 8 heteroatoms. The topological polar surface area (TPSA) is 91.0 Å². The van der Waals surface area contributed by atoms with Gasteiger partial charge < -0.3 is 20.3 Å². The van der Waals surface area contributed by atoms with E-state index in [0.29, 0.717) is 45.9 Å². The SMILES string of the molecule is COCCCNC(=O)CN1CCN(C(=O)CNC(=O)Cc2ccccc2)CC1. The normalized spacial score (nSPS) is 14.5. The number of benzene rings is 1. The maximum absolute atomic E-state index is 12.3. The summed E-state index contributed by atoms with van der Waals surface area (Å²) in [6, 6.07) is 9.43. The molecule has 0 atom stereocenters. The average Bonchev–Trinajstić information content (AvgIpc) is 2.71. The van der Waals surface area contributed by atoms with Gasteiger partial charge in [0.25, 0.3) is 0 Å². The number of methoxy groups -OCH3 is 1. The van der Waals surface area contributed by atoms with Crippen molar-refractivity contribution >= 4 is 17.7 Å². The highest BCUT2D eigenvalue weighted by Crippen LogP contribution is 2.02. The Morgan fingerprint density at radius 3 is 2.39 bits per heavy atom. The van der Waals surface area contributed by atoms with Crippen molar-refractivity contribution in [2.24, 2.45) is 0 Å². The molecule has 0 bridgehead atoms. The Balaban J connectivity index is 1.61. The molecular formula is C20H30N4O4. The van der Waals surface area contributed by atoms with Crippen LogP contribution in [0, 0.1) is 0 Å². The number of hydrogen-bond donors (Lipinski definition) is 2. The first-order valence-electron chi connectivity index (χ1n) is 9.65. The van der Waals surface area contributed by atoms with Crippen LogP contribution in [0.15, 0.2) is 30.3 Å². The Morgan fingerprint density at radius 2 is 1.71 bits per heavy atom. The standard InChI is InChI=1S/C20H30N4O4/c1-28-13-5-8-21-19(26)16-23-9-11-24(12-10-23)20(27)15-22-18(25)14-17-6-3-2-4-7-17/h2-4,6-7H,5,8-16H2,1H3,(H,21,26)(H,22,25). The minimum absolute atomic E-state index is 0.00561. The highest BCUT2D eigenvalue weighted by molar-refractivity contribution is 5.85. The molecular weight excluding hydrogens is 360 g/mol. The summed E-state index contributed by atoms with van der Waals surface area (Å²) >= 11 is 0. The van der Waals surface area contributed by atoms with Gasteiger partial charge in [0.15, 0.2) is 0 Å². The summed E-state index contributed by atoms with van der Waals surface area (Å²) in [6.45, 7) is 3.99. The summed E-state index contributed by atoms with van der Waals surface area (Å²) in [4.78, 5) is 39.9. The molecule has 0 spiro atoms. The summed E-state index contributed by atoms with van der Waals surface area (Å²) in [5.74, 6) is -0.266. The molecule has 1 heterocycles. The highest BCUT2D eigenvalue weighted by Gasteiger charge is 2.22. The van der Waals surface area contributed by atoms with Crippen molar-refractivity contribution in [2.75, 3.05) is 59.5 Å². The second-order valence-electron chi connectivity index (χ2n) is 6.79. The van der Waals surface area contributed by atoms with E-state index in [0.717, 1.165) is 12.0 Å². The highest BCUT2D eigenvalue weighted by atomic mass is 16.5. The third-order valence-electron chi connectivity index (χ3n) is 4.58. The zero-order valence-electron chi connectivity index (χ0n) is 16.5. The Hall–Kier alpha value is -2.45. The number of carbonyl (C=O) groups is 3. The van der Waals surface area contributed by atoms with Crippen molar-refractivity contribution in [3.05, 3.63) is 35.9 Å². The monoisotopic (exact) mass is 390 g/mol. The number of amides is 3. The average molecular weight is 390 g/mol. The molecule has 3 amide bonds. The van der Waals surface area contributed by atoms with E-state index in [4.69, 9.17) is 4.74 Å². The van der Waals surface area contributed by atoms with Crippen LogP contribution in [0.3, 0.4) is 0 Å². The van der Waals surface area contributed by atoms with E-state index in [1.165, 1.54) is 0 Å². The van der Waals surface area contributed by atoms with Crippen molar-refractivity contribution in [3.63, 3.8) is 0 Å². The number of ether oxygens (including phenoxy) is 1. The molecule has 1 aliphatic heterocycles. The minimum Gasteiger partial charge on any atom is -0.385 e. The molecule has 0 unspecified atom stereocenters. The zero-order chi connectivity index (χ0) is 20.2. The largest absolute Gasteiger partial charge is 0.385 e. The van der Waals surface area contributed by atoms with Gasteiger partial charge in [0.05, 0.1) is 19.5 Å². The lowest BCUT2D eigenvalue weighted by Gasteiger charge is -2.34. The molecule has 8 nitrogen and oxygen atoms in total. The first-order chi connectivity index (χ1) is 13.6. The second kappa shape index (κ2) is 12.1. The van der Waals surface area contributed by atoms with Gasteiger partial charge >= 0.3 is 0 Å². The molecule has 2 N–H and O–H groups in total. The zero-order valence-corrected chi connectivity index (χ0v) is 16.5. The van der Waals surface area contributed by atoms with Crippen LogP contribution in [0.5, 0.6) is 0 Å². The molecule has 1 fully saturated rings. The summed E-state index contributed by atoms with van der Waals surface area (Å²) in [5.41, 5.74) is 0.918. The summed E-state index contributed by atoms with van der Waals surface area (Å²) in [5, 5.41) is 5.55. The van der Waals surface area contributed by atoms with Gasteiger partial charge in [-0.05, 0) is 12.0 Å². The van der Waals surface area contributed by atoms with Gasteiger partial charge in [0.2, 0.25) is 17.7 Å². The Kier molecular flexibility index (Phi) is 9.44. The van der Waals surface area contributed by atoms with E-state index in [1.54, 1.807) is 12.0 Å². The minimum atomic E-state index is -0.164. The van der Waals surface area contributed by atoms with Crippen molar-refractivity contribution < 1.29 is 19.1 Å². The van der Waals surface area contributed by atoms with Crippen molar-refractivity contribution in [1.82, 2.24) is 20.4 Å². The van der Waals surface area contributed by atoms with Gasteiger partial charge in [-0.15, -0.1) is 0 Å². The van der Waals surface area contributed by atoms with Crippen LogP contribution in [-0.2, 0) is 25.5 Å². The molecule has 0 aromatic heterocycles. The molecule has 2 rings (SSSR count). The van der Waals surface area contributed by atoms with E-state index >= 15 is 0 Å². The fourth-order valence-electron chi connectivity index (χ4n) is 2.99. The van der Waals surface area contributed by atoms with E-state index < -0.39 is 0 Å². The van der Waals surface area contributed by atoms with E-state index in [2.05, 4.69) is 10.6 Å². The van der Waals surface area contributed by atoms with Gasteiger partial charge in [0.1, 0.15) is 0 Å². The molecule has 0 saturated carbocycles. The lowest BCUT2D eigenvalue weighted by Crippen LogP contribution is -2.53. The smallest absolute Gasteiger partial charge is 0.242 e. The quantitative estimate of drug-likeness (QED) is 0.533. The Bertz CT molecular complexity index is 630. The number of carbonyl (C=O) groups excluding carboxylic acids is 3. The molecule has 28 heavy (non-hydrogen) atoms. The lowest BCUT2D eigenvalue weighted by molar-refractivity contribution is -0.134. The Labute approximate surface area is 166 Å². The molecule has 1 aromatic rings. The number of piperazine rings is 1. The van der Waals surface area contributed by atoms with Crippen LogP contribution in [-0.4, -0.2) is 87.1 Å². The van der Waals surface area contributed by atoms with E-state index in [-0.39, 0.29) is 30.7 Å². The first kappa shape index (κ1) is 21.8. The third kappa shape index (κ3) is 8.06. The number of rotatable bonds is 10.